The minimum absolute atomic E-state index is 0. The van der Waals surface area contributed by atoms with Gasteiger partial charge in [0.05, 0.1) is 6.10 Å². The van der Waals surface area contributed by atoms with E-state index in [1.165, 1.54) is 0 Å². The molecule has 0 heterocycles. The normalized spacial score (nSPS) is 18.1. The third-order valence-electron chi connectivity index (χ3n) is 1.80. The van der Waals surface area contributed by atoms with Crippen molar-refractivity contribution in [3.8, 4) is 0 Å². The lowest BCUT2D eigenvalue weighted by Gasteiger charge is -2.12. The number of nitrogens with zero attached hydrogens (tertiary/aromatic N) is 1. The van der Waals surface area contributed by atoms with Gasteiger partial charge in [-0.1, -0.05) is 21.1 Å². The molecule has 0 aliphatic heterocycles. The second-order valence-electron chi connectivity index (χ2n) is 3.03. The molecule has 5 heteroatoms. The fourth-order valence-corrected chi connectivity index (χ4v) is 1.32. The van der Waals surface area contributed by atoms with Gasteiger partial charge in [-0.3, -0.25) is 0 Å². The van der Waals surface area contributed by atoms with Crippen molar-refractivity contribution in [3.05, 3.63) is 24.3 Å². The van der Waals surface area contributed by atoms with Crippen LogP contribution in [0.15, 0.2) is 29.5 Å². The molecule has 0 atom stereocenters. The summed E-state index contributed by atoms with van der Waals surface area (Å²) in [5.41, 5.74) is 0.831. The Balaban J connectivity index is 0.00000225. The molecule has 3 nitrogen and oxygen atoms in total. The van der Waals surface area contributed by atoms with Crippen LogP contribution < -0.4 is 0 Å². The van der Waals surface area contributed by atoms with E-state index in [2.05, 4.69) is 21.1 Å². The molecule has 0 saturated heterocycles. The molecule has 0 spiro atoms. The zero-order chi connectivity index (χ0) is 10.9. The van der Waals surface area contributed by atoms with Crippen LogP contribution in [-0.4, -0.2) is 30.4 Å². The molecule has 1 aliphatic carbocycles. The molecule has 0 aromatic heterocycles. The number of halogens is 2. The average molecular weight is 311 g/mol. The predicted molar refractivity (Wildman–Crippen MR) is 72.7 cm³/mol. The van der Waals surface area contributed by atoms with E-state index in [1.54, 1.807) is 0 Å². The van der Waals surface area contributed by atoms with Crippen molar-refractivity contribution in [1.29, 1.82) is 0 Å². The van der Waals surface area contributed by atoms with Crippen LogP contribution in [0, 0.1) is 0 Å². The van der Waals surface area contributed by atoms with Gasteiger partial charge in [-0.15, -0.1) is 12.4 Å². The van der Waals surface area contributed by atoms with Crippen molar-refractivity contribution in [3.63, 3.8) is 0 Å². The number of ether oxygens (including phenoxy) is 1. The molecule has 0 radical (unpaired) electrons. The standard InChI is InChI=1S/C11H16BrNO2.ClH/c1-2-15-13-10-4-6-11(7-5-10)14-9-3-8-12;/h4-7,11H,2-3,8-9H2,1H3;1H. The lowest BCUT2D eigenvalue weighted by molar-refractivity contribution is 0.116. The van der Waals surface area contributed by atoms with Crippen LogP contribution in [0.1, 0.15) is 13.3 Å². The minimum Gasteiger partial charge on any atom is -0.396 e. The molecule has 1 aliphatic rings. The second kappa shape index (κ2) is 9.87. The van der Waals surface area contributed by atoms with Gasteiger partial charge in [0.2, 0.25) is 0 Å². The van der Waals surface area contributed by atoms with Gasteiger partial charge in [0.15, 0.2) is 0 Å². The molecule has 0 N–H and O–H groups in total. The Labute approximate surface area is 111 Å². The molecule has 0 fully saturated rings. The lowest BCUT2D eigenvalue weighted by Crippen LogP contribution is -2.12. The van der Waals surface area contributed by atoms with Crippen LogP contribution in [0.4, 0.5) is 0 Å². The van der Waals surface area contributed by atoms with Gasteiger partial charge in [-0.25, -0.2) is 0 Å². The Morgan fingerprint density at radius 2 is 2.06 bits per heavy atom. The van der Waals surface area contributed by atoms with Gasteiger partial charge in [0.1, 0.15) is 12.3 Å². The number of oxime groups is 1. The summed E-state index contributed by atoms with van der Waals surface area (Å²) in [5.74, 6) is 0. The first-order chi connectivity index (χ1) is 7.36. The van der Waals surface area contributed by atoms with E-state index in [9.17, 15) is 0 Å². The van der Waals surface area contributed by atoms with E-state index >= 15 is 0 Å². The molecule has 0 bridgehead atoms. The van der Waals surface area contributed by atoms with Crippen LogP contribution in [-0.2, 0) is 9.57 Å². The SMILES string of the molecule is CCON=C1C=CC(OCCCBr)C=C1.Cl. The Morgan fingerprint density at radius 3 is 2.62 bits per heavy atom. The van der Waals surface area contributed by atoms with Gasteiger partial charge in [-0.2, -0.15) is 0 Å². The zero-order valence-corrected chi connectivity index (χ0v) is 11.7. The topological polar surface area (TPSA) is 30.8 Å². The third-order valence-corrected chi connectivity index (χ3v) is 2.36. The fraction of sp³-hybridized carbons (Fsp3) is 0.545. The molecule has 0 aromatic rings. The number of hydrogen-bond acceptors (Lipinski definition) is 3. The first-order valence-electron chi connectivity index (χ1n) is 5.10. The van der Waals surface area contributed by atoms with Gasteiger partial charge < -0.3 is 9.57 Å². The van der Waals surface area contributed by atoms with Crippen molar-refractivity contribution < 1.29 is 9.57 Å². The summed E-state index contributed by atoms with van der Waals surface area (Å²) in [7, 11) is 0. The Morgan fingerprint density at radius 1 is 1.38 bits per heavy atom. The predicted octanol–water partition coefficient (Wildman–Crippen LogP) is 3.10. The van der Waals surface area contributed by atoms with Crippen LogP contribution in [0.5, 0.6) is 0 Å². The summed E-state index contributed by atoms with van der Waals surface area (Å²) >= 11 is 3.36. The monoisotopic (exact) mass is 309 g/mol. The molecule has 0 aromatic carbocycles. The average Bonchev–Trinajstić information content (AvgIpc) is 2.28. The highest BCUT2D eigenvalue weighted by Gasteiger charge is 2.05. The molecule has 0 amide bonds. The van der Waals surface area contributed by atoms with E-state index in [0.717, 1.165) is 24.1 Å². The molecule has 16 heavy (non-hydrogen) atoms. The number of hydrogen-bond donors (Lipinski definition) is 0. The smallest absolute Gasteiger partial charge is 0.114 e. The van der Waals surface area contributed by atoms with Crippen molar-refractivity contribution in [2.45, 2.75) is 19.4 Å². The van der Waals surface area contributed by atoms with Crippen molar-refractivity contribution in [1.82, 2.24) is 0 Å². The van der Waals surface area contributed by atoms with Crippen LogP contribution >= 0.6 is 28.3 Å². The van der Waals surface area contributed by atoms with E-state index in [0.29, 0.717) is 6.61 Å². The van der Waals surface area contributed by atoms with Crippen LogP contribution in [0.3, 0.4) is 0 Å². The molecule has 0 unspecified atom stereocenters. The Hall–Kier alpha value is -0.320. The molecule has 0 saturated carbocycles. The van der Waals surface area contributed by atoms with Crippen molar-refractivity contribution in [2.75, 3.05) is 18.5 Å². The van der Waals surface area contributed by atoms with Crippen molar-refractivity contribution in [2.24, 2.45) is 5.16 Å². The summed E-state index contributed by atoms with van der Waals surface area (Å²) in [6.07, 6.45) is 8.88. The van der Waals surface area contributed by atoms with Gasteiger partial charge in [-0.05, 0) is 37.6 Å². The van der Waals surface area contributed by atoms with E-state index in [-0.39, 0.29) is 18.5 Å². The van der Waals surface area contributed by atoms with Crippen molar-refractivity contribution >= 4 is 34.0 Å². The zero-order valence-electron chi connectivity index (χ0n) is 9.27. The quantitative estimate of drug-likeness (QED) is 0.429. The Kier molecular flexibility index (Phi) is 9.68. The van der Waals surface area contributed by atoms with E-state index in [1.807, 2.05) is 31.2 Å². The second-order valence-corrected chi connectivity index (χ2v) is 3.82. The van der Waals surface area contributed by atoms with E-state index < -0.39 is 0 Å². The molecule has 92 valence electrons. The maximum absolute atomic E-state index is 5.58. The minimum atomic E-state index is 0. The summed E-state index contributed by atoms with van der Waals surface area (Å²) in [4.78, 5) is 4.95. The fourth-order valence-electron chi connectivity index (χ4n) is 1.09. The Bertz CT molecular complexity index is 251. The molecule has 1 rings (SSSR count). The first-order valence-corrected chi connectivity index (χ1v) is 6.23. The largest absolute Gasteiger partial charge is 0.396 e. The summed E-state index contributed by atoms with van der Waals surface area (Å²) in [6, 6.07) is 0. The number of allylic oxidation sites excluding steroid dienone is 2. The third kappa shape index (κ3) is 6.30. The van der Waals surface area contributed by atoms with E-state index in [4.69, 9.17) is 9.57 Å². The van der Waals surface area contributed by atoms with Gasteiger partial charge >= 0.3 is 0 Å². The highest BCUT2D eigenvalue weighted by Crippen LogP contribution is 2.05. The van der Waals surface area contributed by atoms with Crippen LogP contribution in [0.2, 0.25) is 0 Å². The highest BCUT2D eigenvalue weighted by molar-refractivity contribution is 9.09. The number of alkyl halides is 1. The summed E-state index contributed by atoms with van der Waals surface area (Å²) < 4.78 is 5.58. The molecular formula is C11H17BrClNO2. The van der Waals surface area contributed by atoms with Gasteiger partial charge in [0.25, 0.3) is 0 Å². The highest BCUT2D eigenvalue weighted by atomic mass is 79.9. The molecular weight excluding hydrogens is 293 g/mol. The summed E-state index contributed by atoms with van der Waals surface area (Å²) in [5, 5.41) is 4.89. The first kappa shape index (κ1) is 15.7. The lowest BCUT2D eigenvalue weighted by atomic mass is 10.1. The van der Waals surface area contributed by atoms with Crippen LogP contribution in [0.25, 0.3) is 0 Å². The summed E-state index contributed by atoms with van der Waals surface area (Å²) in [6.45, 7) is 3.27. The van der Waals surface area contributed by atoms with Gasteiger partial charge in [0, 0.05) is 11.9 Å². The number of rotatable bonds is 6. The maximum atomic E-state index is 5.58. The maximum Gasteiger partial charge on any atom is 0.114 e.